The van der Waals surface area contributed by atoms with E-state index in [9.17, 15) is 0 Å². The second kappa shape index (κ2) is 7.55. The minimum absolute atomic E-state index is 0.379. The van der Waals surface area contributed by atoms with Crippen molar-refractivity contribution < 1.29 is 0 Å². The summed E-state index contributed by atoms with van der Waals surface area (Å²) in [4.78, 5) is 4.35. The minimum atomic E-state index is 0.379. The Morgan fingerprint density at radius 3 is 2.88 bits per heavy atom. The molecule has 0 saturated heterocycles. The molecule has 1 fully saturated rings. The third-order valence-corrected chi connectivity index (χ3v) is 4.60. The van der Waals surface area contributed by atoms with Crippen molar-refractivity contribution in [2.45, 2.75) is 51.5 Å². The Hall–Kier alpha value is -2.56. The highest BCUT2D eigenvalue weighted by molar-refractivity contribution is 5.83. The van der Waals surface area contributed by atoms with Gasteiger partial charge in [0.1, 0.15) is 5.82 Å². The van der Waals surface area contributed by atoms with Gasteiger partial charge >= 0.3 is 0 Å². The van der Waals surface area contributed by atoms with Crippen molar-refractivity contribution in [3.63, 3.8) is 0 Å². The number of hydrogen-bond acceptors (Lipinski definition) is 4. The summed E-state index contributed by atoms with van der Waals surface area (Å²) >= 11 is 0. The number of nitrogens with two attached hydrogens (primary N) is 1. The Balaban J connectivity index is 1.74. The molecule has 0 aliphatic heterocycles. The number of hydrogen-bond donors (Lipinski definition) is 2. The molecule has 0 atom stereocenters. The number of fused-ring (bicyclic) bond motifs is 1. The maximum atomic E-state index is 6.26. The third kappa shape index (κ3) is 4.10. The molecule has 2 aromatic heterocycles. The monoisotopic (exact) mass is 337 g/mol. The summed E-state index contributed by atoms with van der Waals surface area (Å²) in [6, 6.07) is 8.61. The molecule has 0 unspecified atom stereocenters. The highest BCUT2D eigenvalue weighted by atomic mass is 15.2. The van der Waals surface area contributed by atoms with Gasteiger partial charge in [0.25, 0.3) is 0 Å². The van der Waals surface area contributed by atoms with Crippen molar-refractivity contribution in [2.24, 2.45) is 10.7 Å². The number of aromatic nitrogens is 2. The van der Waals surface area contributed by atoms with Crippen LogP contribution >= 0.6 is 0 Å². The van der Waals surface area contributed by atoms with E-state index in [1.807, 2.05) is 22.7 Å². The number of pyridine rings is 1. The molecule has 2 aromatic rings. The molecule has 3 rings (SSSR count). The molecule has 0 spiro atoms. The topological polar surface area (TPSA) is 67.7 Å². The molecule has 5 nitrogen and oxygen atoms in total. The molecule has 1 aliphatic carbocycles. The van der Waals surface area contributed by atoms with Crippen molar-refractivity contribution in [1.29, 1.82) is 0 Å². The number of rotatable bonds is 6. The molecular formula is C20H27N5. The number of aliphatic imine (C=N–C) groups is 1. The van der Waals surface area contributed by atoms with Crippen LogP contribution in [0.15, 0.2) is 47.7 Å². The molecule has 25 heavy (non-hydrogen) atoms. The molecule has 0 aromatic carbocycles. The molecule has 0 bridgehead atoms. The molecule has 0 radical (unpaired) electrons. The molecule has 0 amide bonds. The fourth-order valence-electron chi connectivity index (χ4n) is 3.17. The van der Waals surface area contributed by atoms with Crippen LogP contribution in [0.5, 0.6) is 0 Å². The van der Waals surface area contributed by atoms with Crippen LogP contribution in [0.1, 0.15) is 56.8 Å². The summed E-state index contributed by atoms with van der Waals surface area (Å²) in [5.74, 6) is 1.07. The summed E-state index contributed by atoms with van der Waals surface area (Å²) in [6.07, 6.45) is 8.47. The summed E-state index contributed by atoms with van der Waals surface area (Å²) in [7, 11) is 0. The Morgan fingerprint density at radius 1 is 1.40 bits per heavy atom. The van der Waals surface area contributed by atoms with Crippen LogP contribution in [-0.2, 0) is 0 Å². The van der Waals surface area contributed by atoms with Crippen LogP contribution in [0.2, 0.25) is 0 Å². The van der Waals surface area contributed by atoms with E-state index in [0.717, 1.165) is 16.9 Å². The van der Waals surface area contributed by atoms with Gasteiger partial charge < -0.3 is 11.1 Å². The average Bonchev–Trinajstić information content (AvgIpc) is 3.23. The van der Waals surface area contributed by atoms with Crippen LogP contribution in [0.3, 0.4) is 0 Å². The molecule has 1 aliphatic rings. The van der Waals surface area contributed by atoms with Crippen molar-refractivity contribution in [3.05, 3.63) is 54.1 Å². The molecule has 5 heteroatoms. The normalized spacial score (nSPS) is 16.4. The summed E-state index contributed by atoms with van der Waals surface area (Å²) in [5.41, 5.74) is 9.85. The SMILES string of the molecule is C=C(/N=C\C=C(/N)c1cccc2cc(C(C)C)nn12)NC1CCCC1. The van der Waals surface area contributed by atoms with Gasteiger partial charge in [-0.25, -0.2) is 9.51 Å². The smallest absolute Gasteiger partial charge is 0.118 e. The van der Waals surface area contributed by atoms with Gasteiger partial charge in [0, 0.05) is 12.3 Å². The third-order valence-electron chi connectivity index (χ3n) is 4.60. The molecule has 1 saturated carbocycles. The predicted octanol–water partition coefficient (Wildman–Crippen LogP) is 3.83. The fraction of sp³-hybridized carbons (Fsp3) is 0.400. The average molecular weight is 337 g/mol. The lowest BCUT2D eigenvalue weighted by Crippen LogP contribution is -2.23. The second-order valence-corrected chi connectivity index (χ2v) is 6.94. The second-order valence-electron chi connectivity index (χ2n) is 6.94. The molecule has 2 heterocycles. The highest BCUT2D eigenvalue weighted by Crippen LogP contribution is 2.19. The van der Waals surface area contributed by atoms with Gasteiger partial charge in [-0.05, 0) is 43.0 Å². The van der Waals surface area contributed by atoms with Crippen molar-refractivity contribution in [2.75, 3.05) is 0 Å². The quantitative estimate of drug-likeness (QED) is 0.787. The lowest BCUT2D eigenvalue weighted by atomic mass is 10.1. The van der Waals surface area contributed by atoms with Crippen molar-refractivity contribution >= 4 is 17.4 Å². The van der Waals surface area contributed by atoms with Gasteiger partial charge in [0.05, 0.1) is 22.6 Å². The lowest BCUT2D eigenvalue weighted by molar-refractivity contribution is 0.583. The van der Waals surface area contributed by atoms with E-state index in [1.54, 1.807) is 12.3 Å². The summed E-state index contributed by atoms with van der Waals surface area (Å²) in [6.45, 7) is 8.23. The summed E-state index contributed by atoms with van der Waals surface area (Å²) in [5, 5.41) is 8.02. The Labute approximate surface area is 149 Å². The zero-order chi connectivity index (χ0) is 17.8. The molecular weight excluding hydrogens is 310 g/mol. The zero-order valence-corrected chi connectivity index (χ0v) is 15.1. The Kier molecular flexibility index (Phi) is 5.22. The van der Waals surface area contributed by atoms with Crippen molar-refractivity contribution in [3.8, 4) is 0 Å². The van der Waals surface area contributed by atoms with E-state index >= 15 is 0 Å². The first-order chi connectivity index (χ1) is 12.0. The van der Waals surface area contributed by atoms with E-state index < -0.39 is 0 Å². The number of allylic oxidation sites excluding steroid dienone is 1. The predicted molar refractivity (Wildman–Crippen MR) is 104 cm³/mol. The van der Waals surface area contributed by atoms with Gasteiger partial charge in [-0.3, -0.25) is 0 Å². The van der Waals surface area contributed by atoms with E-state index in [0.29, 0.717) is 23.5 Å². The van der Waals surface area contributed by atoms with Crippen LogP contribution in [0.25, 0.3) is 11.2 Å². The van der Waals surface area contributed by atoms with Crippen LogP contribution < -0.4 is 11.1 Å². The van der Waals surface area contributed by atoms with Crippen molar-refractivity contribution in [1.82, 2.24) is 14.9 Å². The number of nitrogens with zero attached hydrogens (tertiary/aromatic N) is 3. The highest BCUT2D eigenvalue weighted by Gasteiger charge is 2.14. The van der Waals surface area contributed by atoms with Gasteiger partial charge in [-0.1, -0.05) is 39.3 Å². The van der Waals surface area contributed by atoms with E-state index in [1.165, 1.54) is 25.7 Å². The van der Waals surface area contributed by atoms with Gasteiger partial charge in [-0.2, -0.15) is 5.10 Å². The first-order valence-electron chi connectivity index (χ1n) is 8.99. The first kappa shape index (κ1) is 17.3. The van der Waals surface area contributed by atoms with Crippen LogP contribution in [0.4, 0.5) is 0 Å². The number of nitrogens with one attached hydrogen (secondary N) is 1. The maximum absolute atomic E-state index is 6.26. The lowest BCUT2D eigenvalue weighted by Gasteiger charge is -2.11. The molecule has 132 valence electrons. The standard InChI is InChI=1S/C20H27N5/c1-14(2)19-13-17-9-6-10-20(25(17)24-19)18(21)11-12-22-15(3)23-16-7-4-5-8-16/h6,9-14,16,23H,3-5,7-8,21H2,1-2H3/b18-11-,22-12-. The zero-order valence-electron chi connectivity index (χ0n) is 15.1. The minimum Gasteiger partial charge on any atom is -0.397 e. The van der Waals surface area contributed by atoms with E-state index in [2.05, 4.69) is 41.9 Å². The van der Waals surface area contributed by atoms with Gasteiger partial charge in [-0.15, -0.1) is 0 Å². The van der Waals surface area contributed by atoms with Gasteiger partial charge in [0.2, 0.25) is 0 Å². The summed E-state index contributed by atoms with van der Waals surface area (Å²) < 4.78 is 1.89. The largest absolute Gasteiger partial charge is 0.397 e. The Morgan fingerprint density at radius 2 is 2.16 bits per heavy atom. The maximum Gasteiger partial charge on any atom is 0.118 e. The fourth-order valence-corrected chi connectivity index (χ4v) is 3.17. The van der Waals surface area contributed by atoms with Crippen LogP contribution in [0, 0.1) is 0 Å². The first-order valence-corrected chi connectivity index (χ1v) is 8.99. The van der Waals surface area contributed by atoms with E-state index in [-0.39, 0.29) is 0 Å². The van der Waals surface area contributed by atoms with Gasteiger partial charge in [0.15, 0.2) is 0 Å². The van der Waals surface area contributed by atoms with E-state index in [4.69, 9.17) is 5.73 Å². The van der Waals surface area contributed by atoms with Crippen LogP contribution in [-0.4, -0.2) is 21.9 Å². The Bertz CT molecular complexity index is 807. The molecule has 3 N–H and O–H groups in total.